The standard InChI is InChI=1S/C25H24F3N11O2/c1-14-12-39(13-19(29)40)36-21(14)35-23-30-9-8-20(34-23)37(2)16-10-18-22(31-11-16)38(3)24(33-18)32-15-4-6-17(7-5-15)41-25(26,27)28/h4-12H,13H2,1-3H3,(H2,29,40)(H,32,33)(H,30,34,35,36). The van der Waals surface area contributed by atoms with Crippen LogP contribution in [0.15, 0.2) is 55.0 Å². The molecule has 0 aliphatic rings. The molecular weight excluding hydrogens is 543 g/mol. The second kappa shape index (κ2) is 10.6. The number of aryl methyl sites for hydroxylation is 2. The minimum Gasteiger partial charge on any atom is -0.406 e. The number of ether oxygens (including phenoxy) is 1. The minimum absolute atomic E-state index is 0.0460. The molecule has 4 heterocycles. The van der Waals surface area contributed by atoms with E-state index < -0.39 is 12.3 Å². The molecular formula is C25H24F3N11O2. The first kappa shape index (κ1) is 27.2. The maximum absolute atomic E-state index is 12.4. The SMILES string of the molecule is Cc1cn(CC(N)=O)nc1Nc1nccc(N(C)c2cnc3c(c2)nc(Nc2ccc(OC(F)(F)F)cc2)n3C)n1. The van der Waals surface area contributed by atoms with E-state index in [0.29, 0.717) is 46.1 Å². The Balaban J connectivity index is 1.33. The van der Waals surface area contributed by atoms with Crippen molar-refractivity contribution in [3.05, 3.63) is 60.6 Å². The Labute approximate surface area is 230 Å². The summed E-state index contributed by atoms with van der Waals surface area (Å²) >= 11 is 0. The highest BCUT2D eigenvalue weighted by Gasteiger charge is 2.31. The lowest BCUT2D eigenvalue weighted by molar-refractivity contribution is -0.274. The molecule has 1 aromatic carbocycles. The molecule has 0 spiro atoms. The fraction of sp³-hybridized carbons (Fsp3) is 0.200. The summed E-state index contributed by atoms with van der Waals surface area (Å²) in [4.78, 5) is 30.9. The number of alkyl halides is 3. The summed E-state index contributed by atoms with van der Waals surface area (Å²) in [6.07, 6.45) is 0.193. The molecule has 0 aliphatic heterocycles. The summed E-state index contributed by atoms with van der Waals surface area (Å²) in [5.74, 6) is 0.967. The number of aromatic nitrogens is 7. The molecule has 5 aromatic rings. The number of amides is 1. The normalized spacial score (nSPS) is 11.5. The van der Waals surface area contributed by atoms with Crippen molar-refractivity contribution in [2.45, 2.75) is 19.8 Å². The Morgan fingerprint density at radius 2 is 1.88 bits per heavy atom. The lowest BCUT2D eigenvalue weighted by Crippen LogP contribution is -2.19. The lowest BCUT2D eigenvalue weighted by Gasteiger charge is -2.18. The maximum Gasteiger partial charge on any atom is 0.573 e. The number of fused-ring (bicyclic) bond motifs is 1. The molecule has 0 saturated heterocycles. The second-order valence-corrected chi connectivity index (χ2v) is 8.97. The van der Waals surface area contributed by atoms with E-state index in [9.17, 15) is 18.0 Å². The van der Waals surface area contributed by atoms with Gasteiger partial charge in [-0.25, -0.2) is 15.0 Å². The van der Waals surface area contributed by atoms with Gasteiger partial charge in [-0.15, -0.1) is 13.2 Å². The second-order valence-electron chi connectivity index (χ2n) is 8.97. The van der Waals surface area contributed by atoms with E-state index in [1.54, 1.807) is 41.2 Å². The molecule has 0 saturated carbocycles. The predicted octanol–water partition coefficient (Wildman–Crippen LogP) is 3.90. The van der Waals surface area contributed by atoms with E-state index in [4.69, 9.17) is 5.73 Å². The number of nitrogens with one attached hydrogen (secondary N) is 2. The molecule has 0 bridgehead atoms. The molecule has 13 nitrogen and oxygen atoms in total. The molecule has 16 heteroatoms. The molecule has 212 valence electrons. The summed E-state index contributed by atoms with van der Waals surface area (Å²) in [6.45, 7) is 1.78. The van der Waals surface area contributed by atoms with Crippen LogP contribution in [0.4, 0.5) is 48.1 Å². The number of halogens is 3. The van der Waals surface area contributed by atoms with Gasteiger partial charge in [0.15, 0.2) is 11.5 Å². The van der Waals surface area contributed by atoms with Gasteiger partial charge in [-0.2, -0.15) is 10.1 Å². The van der Waals surface area contributed by atoms with Crippen LogP contribution in [0.25, 0.3) is 11.2 Å². The molecule has 0 fully saturated rings. The molecule has 0 atom stereocenters. The molecule has 41 heavy (non-hydrogen) atoms. The number of primary amides is 1. The topological polar surface area (TPSA) is 154 Å². The molecule has 1 amide bonds. The van der Waals surface area contributed by atoms with Crippen molar-refractivity contribution in [3.8, 4) is 5.75 Å². The zero-order valence-corrected chi connectivity index (χ0v) is 22.0. The Morgan fingerprint density at radius 3 is 2.59 bits per heavy atom. The number of hydrogen-bond acceptors (Lipinski definition) is 10. The highest BCUT2D eigenvalue weighted by Crippen LogP contribution is 2.29. The fourth-order valence-corrected chi connectivity index (χ4v) is 3.95. The first-order chi connectivity index (χ1) is 19.4. The number of carbonyl (C=O) groups is 1. The molecule has 4 aromatic heterocycles. The van der Waals surface area contributed by atoms with Gasteiger partial charge >= 0.3 is 6.36 Å². The first-order valence-corrected chi connectivity index (χ1v) is 12.1. The Hall–Kier alpha value is -5.41. The van der Waals surface area contributed by atoms with Gasteiger partial charge in [0, 0.05) is 37.7 Å². The zero-order chi connectivity index (χ0) is 29.3. The van der Waals surface area contributed by atoms with E-state index in [1.807, 2.05) is 20.0 Å². The number of rotatable bonds is 9. The highest BCUT2D eigenvalue weighted by molar-refractivity contribution is 5.80. The van der Waals surface area contributed by atoms with Crippen molar-refractivity contribution in [2.24, 2.45) is 12.8 Å². The summed E-state index contributed by atoms with van der Waals surface area (Å²) in [5.41, 5.74) is 8.42. The summed E-state index contributed by atoms with van der Waals surface area (Å²) in [7, 11) is 3.58. The van der Waals surface area contributed by atoms with Crippen molar-refractivity contribution >= 4 is 52.0 Å². The van der Waals surface area contributed by atoms with Gasteiger partial charge in [0.25, 0.3) is 0 Å². The van der Waals surface area contributed by atoms with E-state index >= 15 is 0 Å². The molecule has 0 unspecified atom stereocenters. The van der Waals surface area contributed by atoms with E-state index in [2.05, 4.69) is 40.4 Å². The lowest BCUT2D eigenvalue weighted by atomic mass is 10.3. The van der Waals surface area contributed by atoms with Crippen molar-refractivity contribution < 1.29 is 22.7 Å². The summed E-state index contributed by atoms with van der Waals surface area (Å²) in [5, 5.41) is 10.4. The number of nitrogens with two attached hydrogens (primary N) is 1. The molecule has 4 N–H and O–H groups in total. The van der Waals surface area contributed by atoms with Crippen molar-refractivity contribution in [1.82, 2.24) is 34.3 Å². The number of nitrogens with zero attached hydrogens (tertiary/aromatic N) is 8. The molecule has 5 rings (SSSR count). The first-order valence-electron chi connectivity index (χ1n) is 12.1. The van der Waals surface area contributed by atoms with Crippen LogP contribution < -0.4 is 26.0 Å². The van der Waals surface area contributed by atoms with Gasteiger partial charge in [-0.05, 0) is 43.3 Å². The average molecular weight is 568 g/mol. The van der Waals surface area contributed by atoms with Crippen LogP contribution in [0.3, 0.4) is 0 Å². The number of benzene rings is 1. The number of anilines is 6. The maximum atomic E-state index is 12.4. The average Bonchev–Trinajstić information content (AvgIpc) is 3.40. The quantitative estimate of drug-likeness (QED) is 0.239. The predicted molar refractivity (Wildman–Crippen MR) is 144 cm³/mol. The third-order valence-corrected chi connectivity index (χ3v) is 5.90. The van der Waals surface area contributed by atoms with Gasteiger partial charge in [-0.1, -0.05) is 0 Å². The van der Waals surface area contributed by atoms with Crippen LogP contribution in [0.1, 0.15) is 5.56 Å². The molecule has 0 radical (unpaired) electrons. The largest absolute Gasteiger partial charge is 0.573 e. The van der Waals surface area contributed by atoms with E-state index in [1.165, 1.54) is 28.9 Å². The number of imidazole rings is 1. The Bertz CT molecular complexity index is 1710. The Morgan fingerprint density at radius 1 is 1.12 bits per heavy atom. The van der Waals surface area contributed by atoms with Crippen LogP contribution in [0, 0.1) is 6.92 Å². The summed E-state index contributed by atoms with van der Waals surface area (Å²) in [6, 6.07) is 8.89. The zero-order valence-electron chi connectivity index (χ0n) is 22.0. The number of hydrogen-bond donors (Lipinski definition) is 3. The fourth-order valence-electron chi connectivity index (χ4n) is 3.95. The van der Waals surface area contributed by atoms with Crippen LogP contribution in [0.2, 0.25) is 0 Å². The number of carbonyl (C=O) groups excluding carboxylic acids is 1. The van der Waals surface area contributed by atoms with Gasteiger partial charge in [0.1, 0.15) is 23.6 Å². The van der Waals surface area contributed by atoms with Crippen molar-refractivity contribution in [1.29, 1.82) is 0 Å². The third kappa shape index (κ3) is 6.26. The van der Waals surface area contributed by atoms with Gasteiger partial charge in [0.2, 0.25) is 17.8 Å². The van der Waals surface area contributed by atoms with E-state index in [0.717, 1.165) is 5.56 Å². The van der Waals surface area contributed by atoms with Crippen LogP contribution >= 0.6 is 0 Å². The number of pyridine rings is 1. The Kier molecular flexibility index (Phi) is 7.04. The van der Waals surface area contributed by atoms with Crippen molar-refractivity contribution in [2.75, 3.05) is 22.6 Å². The van der Waals surface area contributed by atoms with Crippen LogP contribution in [-0.2, 0) is 18.4 Å². The highest BCUT2D eigenvalue weighted by atomic mass is 19.4. The minimum atomic E-state index is -4.76. The van der Waals surface area contributed by atoms with Crippen LogP contribution in [0.5, 0.6) is 5.75 Å². The summed E-state index contributed by atoms with van der Waals surface area (Å²) < 4.78 is 44.4. The van der Waals surface area contributed by atoms with Crippen molar-refractivity contribution in [3.63, 3.8) is 0 Å². The van der Waals surface area contributed by atoms with Gasteiger partial charge in [-0.3, -0.25) is 14.0 Å². The van der Waals surface area contributed by atoms with Crippen LogP contribution in [-0.4, -0.2) is 53.6 Å². The third-order valence-electron chi connectivity index (χ3n) is 5.90. The smallest absolute Gasteiger partial charge is 0.406 e. The van der Waals surface area contributed by atoms with Gasteiger partial charge < -0.3 is 26.0 Å². The van der Waals surface area contributed by atoms with E-state index in [-0.39, 0.29) is 12.3 Å². The monoisotopic (exact) mass is 567 g/mol. The van der Waals surface area contributed by atoms with Gasteiger partial charge in [0.05, 0.1) is 11.9 Å². The molecule has 0 aliphatic carbocycles.